The van der Waals surface area contributed by atoms with Gasteiger partial charge in [-0.15, -0.1) is 0 Å². The summed E-state index contributed by atoms with van der Waals surface area (Å²) in [6, 6.07) is 14.5. The maximum Gasteiger partial charge on any atom is 0.222 e. The minimum atomic E-state index is -0.121. The number of amides is 1. The highest BCUT2D eigenvalue weighted by Gasteiger charge is 2.32. The Bertz CT molecular complexity index is 997. The van der Waals surface area contributed by atoms with Gasteiger partial charge in [0.25, 0.3) is 0 Å². The van der Waals surface area contributed by atoms with E-state index in [1.165, 1.54) is 44.0 Å². The minimum Gasteiger partial charge on any atom is -0.310 e. The quantitative estimate of drug-likeness (QED) is 0.722. The number of anilines is 1. The number of hydrogen-bond donors (Lipinski definition) is 1. The first kappa shape index (κ1) is 16.2. The molecule has 0 atom stereocenters. The predicted molar refractivity (Wildman–Crippen MR) is 105 cm³/mol. The molecule has 2 aliphatic rings. The zero-order valence-electron chi connectivity index (χ0n) is 15.4. The fourth-order valence-electron chi connectivity index (χ4n) is 3.56. The van der Waals surface area contributed by atoms with Crippen molar-refractivity contribution in [1.82, 2.24) is 14.8 Å². The van der Waals surface area contributed by atoms with Gasteiger partial charge in [0.05, 0.1) is 11.4 Å². The van der Waals surface area contributed by atoms with Gasteiger partial charge in [-0.3, -0.25) is 4.79 Å². The van der Waals surface area contributed by atoms with Gasteiger partial charge < -0.3 is 5.32 Å². The summed E-state index contributed by atoms with van der Waals surface area (Å²) in [4.78, 5) is 15.7. The Labute approximate surface area is 158 Å². The van der Waals surface area contributed by atoms with Crippen LogP contribution in [0.5, 0.6) is 0 Å². The molecule has 1 N–H and O–H groups in total. The van der Waals surface area contributed by atoms with Gasteiger partial charge in [-0.05, 0) is 61.6 Å². The molecule has 0 saturated heterocycles. The second-order valence-electron chi connectivity index (χ2n) is 7.58. The summed E-state index contributed by atoms with van der Waals surface area (Å²) in [5, 5.41) is 7.72. The fourth-order valence-corrected chi connectivity index (χ4v) is 3.56. The third-order valence-corrected chi connectivity index (χ3v) is 5.27. The minimum absolute atomic E-state index is 0.121. The topological polar surface area (TPSA) is 59.8 Å². The number of nitrogens with one attached hydrogen (secondary N) is 1. The van der Waals surface area contributed by atoms with E-state index in [-0.39, 0.29) is 5.91 Å². The molecule has 0 radical (unpaired) electrons. The molecule has 136 valence electrons. The summed E-state index contributed by atoms with van der Waals surface area (Å²) in [6.45, 7) is 1.50. The third-order valence-electron chi connectivity index (χ3n) is 5.27. The maximum absolute atomic E-state index is 11.4. The van der Waals surface area contributed by atoms with Crippen molar-refractivity contribution in [3.8, 4) is 16.8 Å². The number of carbonyl (C=O) groups excluding carboxylic acids is 1. The van der Waals surface area contributed by atoms with E-state index in [1.807, 2.05) is 12.1 Å². The summed E-state index contributed by atoms with van der Waals surface area (Å²) in [5.41, 5.74) is 5.64. The monoisotopic (exact) mass is 358 g/mol. The van der Waals surface area contributed by atoms with E-state index in [9.17, 15) is 4.79 Å². The Hall–Kier alpha value is -2.95. The van der Waals surface area contributed by atoms with Crippen molar-refractivity contribution in [2.45, 2.75) is 44.4 Å². The van der Waals surface area contributed by atoms with E-state index in [0.29, 0.717) is 17.7 Å². The normalized spacial score (nSPS) is 16.3. The van der Waals surface area contributed by atoms with Crippen molar-refractivity contribution in [2.24, 2.45) is 0 Å². The Morgan fingerprint density at radius 1 is 1.07 bits per heavy atom. The van der Waals surface area contributed by atoms with Gasteiger partial charge in [0.2, 0.25) is 5.91 Å². The highest BCUT2D eigenvalue weighted by atomic mass is 16.1. The number of carbonyl (C=O) groups is 1. The molecule has 0 aliphatic heterocycles. The smallest absolute Gasteiger partial charge is 0.222 e. The van der Waals surface area contributed by atoms with Crippen molar-refractivity contribution in [3.63, 3.8) is 0 Å². The van der Waals surface area contributed by atoms with Crippen molar-refractivity contribution >= 4 is 11.7 Å². The van der Waals surface area contributed by atoms with Gasteiger partial charge in [-0.2, -0.15) is 5.10 Å². The Kier molecular flexibility index (Phi) is 3.81. The van der Waals surface area contributed by atoms with Crippen molar-refractivity contribution in [1.29, 1.82) is 0 Å². The first-order valence-electron chi connectivity index (χ1n) is 9.62. The molecule has 2 saturated carbocycles. The third kappa shape index (κ3) is 3.25. The first-order chi connectivity index (χ1) is 13.2. The Balaban J connectivity index is 1.49. The maximum atomic E-state index is 11.4. The molecule has 2 aromatic heterocycles. The molecule has 2 fully saturated rings. The number of rotatable bonds is 5. The van der Waals surface area contributed by atoms with Crippen LogP contribution in [-0.4, -0.2) is 20.7 Å². The lowest BCUT2D eigenvalue weighted by Gasteiger charge is -2.11. The van der Waals surface area contributed by atoms with E-state index in [4.69, 9.17) is 5.10 Å². The molecule has 1 amide bonds. The van der Waals surface area contributed by atoms with Crippen LogP contribution in [0.4, 0.5) is 5.82 Å². The molecule has 2 heterocycles. The van der Waals surface area contributed by atoms with Crippen LogP contribution in [0.15, 0.2) is 48.7 Å². The molecular formula is C22H22N4O. The molecule has 5 rings (SSSR count). The molecule has 0 spiro atoms. The van der Waals surface area contributed by atoms with Gasteiger partial charge in [0, 0.05) is 36.2 Å². The van der Waals surface area contributed by atoms with Gasteiger partial charge in [-0.25, -0.2) is 9.67 Å². The number of benzene rings is 1. The Morgan fingerprint density at radius 2 is 1.81 bits per heavy atom. The lowest BCUT2D eigenvalue weighted by atomic mass is 10.1. The number of nitrogens with zero attached hydrogens (tertiary/aromatic N) is 3. The second-order valence-corrected chi connectivity index (χ2v) is 7.58. The molecule has 5 heteroatoms. The zero-order chi connectivity index (χ0) is 18.4. The lowest BCUT2D eigenvalue weighted by molar-refractivity contribution is -0.114. The van der Waals surface area contributed by atoms with E-state index >= 15 is 0 Å². The number of hydrogen-bond acceptors (Lipinski definition) is 3. The largest absolute Gasteiger partial charge is 0.310 e. The van der Waals surface area contributed by atoms with E-state index in [0.717, 1.165) is 16.8 Å². The van der Waals surface area contributed by atoms with E-state index in [2.05, 4.69) is 45.3 Å². The van der Waals surface area contributed by atoms with Crippen LogP contribution in [0, 0.1) is 0 Å². The molecule has 1 aromatic carbocycles. The zero-order valence-corrected chi connectivity index (χ0v) is 15.4. The second kappa shape index (κ2) is 6.34. The molecule has 3 aromatic rings. The molecule has 27 heavy (non-hydrogen) atoms. The SMILES string of the molecule is CC(=O)Nc1ncccc1-c1ccc(-n2nc(C3CC3)cc2C2CC2)cc1. The van der Waals surface area contributed by atoms with Gasteiger partial charge in [0.15, 0.2) is 0 Å². The molecule has 0 unspecified atom stereocenters. The highest BCUT2D eigenvalue weighted by molar-refractivity contribution is 5.92. The van der Waals surface area contributed by atoms with E-state index in [1.54, 1.807) is 6.20 Å². The van der Waals surface area contributed by atoms with Gasteiger partial charge in [-0.1, -0.05) is 12.1 Å². The van der Waals surface area contributed by atoms with Crippen molar-refractivity contribution < 1.29 is 4.79 Å². The Morgan fingerprint density at radius 3 is 2.48 bits per heavy atom. The predicted octanol–water partition coefficient (Wildman–Crippen LogP) is 4.65. The van der Waals surface area contributed by atoms with Crippen LogP contribution < -0.4 is 5.32 Å². The van der Waals surface area contributed by atoms with Crippen LogP contribution in [0.1, 0.15) is 55.8 Å². The van der Waals surface area contributed by atoms with Crippen LogP contribution in [0.2, 0.25) is 0 Å². The average molecular weight is 358 g/mol. The fraction of sp³-hybridized carbons (Fsp3) is 0.318. The van der Waals surface area contributed by atoms with E-state index < -0.39 is 0 Å². The first-order valence-corrected chi connectivity index (χ1v) is 9.62. The summed E-state index contributed by atoms with van der Waals surface area (Å²) in [7, 11) is 0. The molecular weight excluding hydrogens is 336 g/mol. The summed E-state index contributed by atoms with van der Waals surface area (Å²) in [6.07, 6.45) is 6.77. The summed E-state index contributed by atoms with van der Waals surface area (Å²) < 4.78 is 2.13. The average Bonchev–Trinajstić information content (AvgIpc) is 3.60. The number of pyridine rings is 1. The van der Waals surface area contributed by atoms with Crippen molar-refractivity contribution in [3.05, 3.63) is 60.0 Å². The molecule has 5 nitrogen and oxygen atoms in total. The van der Waals surface area contributed by atoms with Crippen molar-refractivity contribution in [2.75, 3.05) is 5.32 Å². The molecule has 0 bridgehead atoms. The van der Waals surface area contributed by atoms with Crippen LogP contribution >= 0.6 is 0 Å². The van der Waals surface area contributed by atoms with Crippen LogP contribution in [0.25, 0.3) is 16.8 Å². The summed E-state index contributed by atoms with van der Waals surface area (Å²) >= 11 is 0. The summed E-state index contributed by atoms with van der Waals surface area (Å²) in [5.74, 6) is 1.80. The number of aromatic nitrogens is 3. The highest BCUT2D eigenvalue weighted by Crippen LogP contribution is 2.45. The molecule has 2 aliphatic carbocycles. The van der Waals surface area contributed by atoms with Crippen LogP contribution in [0.3, 0.4) is 0 Å². The van der Waals surface area contributed by atoms with Crippen LogP contribution in [-0.2, 0) is 4.79 Å². The van der Waals surface area contributed by atoms with Gasteiger partial charge in [0.1, 0.15) is 5.82 Å². The lowest BCUT2D eigenvalue weighted by Crippen LogP contribution is -2.08. The standard InChI is InChI=1S/C22H22N4O/c1-14(27)24-22-19(3-2-12-23-22)15-8-10-18(11-9-15)26-21(17-6-7-17)13-20(25-26)16-4-5-16/h2-3,8-13,16-17H,4-7H2,1H3,(H,23,24,27). The van der Waals surface area contributed by atoms with Gasteiger partial charge >= 0.3 is 0 Å².